The molecule has 0 spiro atoms. The lowest BCUT2D eigenvalue weighted by atomic mass is 9.66. The number of fused-ring (bicyclic) bond motifs is 2. The van der Waals surface area contributed by atoms with Crippen molar-refractivity contribution in [2.75, 3.05) is 27.3 Å². The molecule has 202 valence electrons. The zero-order valence-corrected chi connectivity index (χ0v) is 22.0. The van der Waals surface area contributed by atoms with E-state index < -0.39 is 29.4 Å². The summed E-state index contributed by atoms with van der Waals surface area (Å²) in [5, 5.41) is 0. The van der Waals surface area contributed by atoms with Gasteiger partial charge in [0.1, 0.15) is 11.5 Å². The lowest BCUT2D eigenvalue weighted by Crippen LogP contribution is -2.82. The van der Waals surface area contributed by atoms with Crippen molar-refractivity contribution in [3.63, 3.8) is 0 Å². The lowest BCUT2D eigenvalue weighted by molar-refractivity contribution is -0.417. The van der Waals surface area contributed by atoms with E-state index in [9.17, 15) is 9.59 Å². The first-order chi connectivity index (χ1) is 19.0. The minimum Gasteiger partial charge on any atom is -0.497 e. The van der Waals surface area contributed by atoms with Crippen LogP contribution in [-0.2, 0) is 30.4 Å². The van der Waals surface area contributed by atoms with Gasteiger partial charge in [0.15, 0.2) is 0 Å². The first-order valence-corrected chi connectivity index (χ1v) is 13.2. The molecule has 8 heteroatoms. The molecule has 3 aromatic rings. The molecular weight excluding hydrogens is 498 g/mol. The highest BCUT2D eigenvalue weighted by atomic mass is 16.8. The second-order valence-electron chi connectivity index (χ2n) is 10.2. The number of carbonyl (C=O) groups excluding carboxylic acids is 2. The van der Waals surface area contributed by atoms with Crippen LogP contribution in [0.5, 0.6) is 11.5 Å². The van der Waals surface area contributed by atoms with Crippen LogP contribution in [0.1, 0.15) is 35.4 Å². The van der Waals surface area contributed by atoms with Gasteiger partial charge in [-0.05, 0) is 41.7 Å². The van der Waals surface area contributed by atoms with Gasteiger partial charge in [-0.25, -0.2) is 9.59 Å². The third-order valence-corrected chi connectivity index (χ3v) is 8.18. The number of hydrogen-bond donors (Lipinski definition) is 0. The molecule has 0 N–H and O–H groups in total. The van der Waals surface area contributed by atoms with E-state index in [0.717, 1.165) is 29.5 Å². The van der Waals surface area contributed by atoms with Gasteiger partial charge < -0.3 is 23.7 Å². The van der Waals surface area contributed by atoms with Crippen molar-refractivity contribution < 1.29 is 33.3 Å². The van der Waals surface area contributed by atoms with E-state index in [2.05, 4.69) is 4.90 Å². The third kappa shape index (κ3) is 4.06. The quantitative estimate of drug-likeness (QED) is 0.316. The smallest absolute Gasteiger partial charge is 0.420 e. The molecule has 3 aromatic carbocycles. The Balaban J connectivity index is 1.53. The fourth-order valence-corrected chi connectivity index (χ4v) is 6.53. The monoisotopic (exact) mass is 529 g/mol. The molecule has 2 unspecified atom stereocenters. The zero-order valence-electron chi connectivity index (χ0n) is 22.0. The van der Waals surface area contributed by atoms with Crippen molar-refractivity contribution in [1.29, 1.82) is 0 Å². The number of rotatable bonds is 8. The van der Waals surface area contributed by atoms with E-state index in [0.29, 0.717) is 24.6 Å². The maximum absolute atomic E-state index is 13.1. The van der Waals surface area contributed by atoms with Gasteiger partial charge in [0.25, 0.3) is 5.79 Å². The Morgan fingerprint density at radius 3 is 1.90 bits per heavy atom. The largest absolute Gasteiger partial charge is 0.497 e. The molecule has 4 aliphatic rings. The molecule has 2 atom stereocenters. The SMILES string of the molecule is COc1cc(COC23OC(=O)C(=O)OC2(C(c2ccccc2)c2ccccc2)N2CCC3CC2)cc(OC)c1. The van der Waals surface area contributed by atoms with Crippen LogP contribution >= 0.6 is 0 Å². The van der Waals surface area contributed by atoms with Crippen molar-refractivity contribution >= 4 is 11.9 Å². The van der Waals surface area contributed by atoms with Crippen LogP contribution in [0.4, 0.5) is 0 Å². The third-order valence-electron chi connectivity index (χ3n) is 8.18. The molecule has 4 aliphatic heterocycles. The van der Waals surface area contributed by atoms with Crippen molar-refractivity contribution in [1.82, 2.24) is 4.90 Å². The summed E-state index contributed by atoms with van der Waals surface area (Å²) in [4.78, 5) is 28.1. The van der Waals surface area contributed by atoms with Crippen LogP contribution in [0.15, 0.2) is 78.9 Å². The van der Waals surface area contributed by atoms with Crippen LogP contribution in [0.25, 0.3) is 0 Å². The van der Waals surface area contributed by atoms with Crippen LogP contribution in [-0.4, -0.2) is 55.7 Å². The Labute approximate surface area is 227 Å². The topological polar surface area (TPSA) is 83.5 Å². The lowest BCUT2D eigenvalue weighted by Gasteiger charge is -2.65. The number of methoxy groups -OCH3 is 2. The van der Waals surface area contributed by atoms with E-state index in [4.69, 9.17) is 23.7 Å². The van der Waals surface area contributed by atoms with Crippen molar-refractivity contribution in [2.24, 2.45) is 5.92 Å². The highest BCUT2D eigenvalue weighted by Crippen LogP contribution is 2.59. The molecule has 4 heterocycles. The predicted molar refractivity (Wildman–Crippen MR) is 141 cm³/mol. The molecule has 7 rings (SSSR count). The minimum atomic E-state index is -1.54. The maximum Gasteiger partial charge on any atom is 0.420 e. The van der Waals surface area contributed by atoms with Gasteiger partial charge in [0.2, 0.25) is 5.72 Å². The average Bonchev–Trinajstić information content (AvgIpc) is 2.99. The summed E-state index contributed by atoms with van der Waals surface area (Å²) in [6.45, 7) is 1.45. The maximum atomic E-state index is 13.1. The van der Waals surface area contributed by atoms with E-state index in [-0.39, 0.29) is 12.5 Å². The van der Waals surface area contributed by atoms with E-state index in [1.54, 1.807) is 20.3 Å². The summed E-state index contributed by atoms with van der Waals surface area (Å²) in [5.41, 5.74) is 1.22. The van der Waals surface area contributed by atoms with Gasteiger partial charge in [-0.15, -0.1) is 0 Å². The molecule has 4 saturated heterocycles. The Bertz CT molecular complexity index is 1290. The van der Waals surface area contributed by atoms with Gasteiger partial charge in [-0.1, -0.05) is 60.7 Å². The zero-order chi connectivity index (χ0) is 27.0. The molecule has 2 bridgehead atoms. The summed E-state index contributed by atoms with van der Waals surface area (Å²) in [7, 11) is 3.17. The van der Waals surface area contributed by atoms with Crippen LogP contribution in [0.2, 0.25) is 0 Å². The number of esters is 2. The number of piperidine rings is 3. The molecular formula is C31H31NO7. The molecule has 0 radical (unpaired) electrons. The fourth-order valence-electron chi connectivity index (χ4n) is 6.53. The van der Waals surface area contributed by atoms with Crippen LogP contribution in [0, 0.1) is 5.92 Å². The van der Waals surface area contributed by atoms with E-state index >= 15 is 0 Å². The normalized spacial score (nSPS) is 27.5. The van der Waals surface area contributed by atoms with Crippen LogP contribution < -0.4 is 9.47 Å². The molecule has 0 aromatic heterocycles. The standard InChI is InChI=1S/C31H31NO7/c1-35-25-17-21(18-26(19-25)36-2)20-37-31-24-13-15-32(16-14-24)30(31,38-28(33)29(34)39-31)27(22-9-5-3-6-10-22)23-11-7-4-8-12-23/h3-12,17-19,24,27H,13-16,20H2,1-2H3. The van der Waals surface area contributed by atoms with E-state index in [1.165, 1.54) is 0 Å². The molecule has 39 heavy (non-hydrogen) atoms. The molecule has 0 amide bonds. The summed E-state index contributed by atoms with van der Waals surface area (Å²) < 4.78 is 30.1. The molecule has 4 fully saturated rings. The Morgan fingerprint density at radius 1 is 0.821 bits per heavy atom. The second-order valence-corrected chi connectivity index (χ2v) is 10.2. The Kier molecular flexibility index (Phi) is 6.53. The van der Waals surface area contributed by atoms with Crippen LogP contribution in [0.3, 0.4) is 0 Å². The van der Waals surface area contributed by atoms with Gasteiger partial charge in [-0.2, -0.15) is 0 Å². The van der Waals surface area contributed by atoms with Gasteiger partial charge in [-0.3, -0.25) is 4.90 Å². The van der Waals surface area contributed by atoms with Crippen molar-refractivity contribution in [3.8, 4) is 11.5 Å². The summed E-state index contributed by atoms with van der Waals surface area (Å²) in [6.07, 6.45) is 1.48. The predicted octanol–water partition coefficient (Wildman–Crippen LogP) is 4.27. The molecule has 0 aliphatic carbocycles. The summed E-state index contributed by atoms with van der Waals surface area (Å²) in [5.74, 6) is -3.03. The first kappa shape index (κ1) is 25.4. The molecule has 0 saturated carbocycles. The Morgan fingerprint density at radius 2 is 1.36 bits per heavy atom. The summed E-state index contributed by atoms with van der Waals surface area (Å²) in [6, 6.07) is 25.3. The van der Waals surface area contributed by atoms with E-state index in [1.807, 2.05) is 72.8 Å². The number of benzene rings is 3. The first-order valence-electron chi connectivity index (χ1n) is 13.2. The van der Waals surface area contributed by atoms with Gasteiger partial charge in [0, 0.05) is 25.1 Å². The van der Waals surface area contributed by atoms with Gasteiger partial charge >= 0.3 is 11.9 Å². The highest BCUT2D eigenvalue weighted by molar-refractivity contribution is 6.30. The van der Waals surface area contributed by atoms with Crippen molar-refractivity contribution in [3.05, 3.63) is 95.6 Å². The second kappa shape index (κ2) is 10.0. The Hall–Kier alpha value is -3.88. The number of hydrogen-bond acceptors (Lipinski definition) is 8. The number of ether oxygens (including phenoxy) is 5. The summed E-state index contributed by atoms with van der Waals surface area (Å²) >= 11 is 0. The number of carbonyl (C=O) groups is 2. The molecule has 8 nitrogen and oxygen atoms in total. The van der Waals surface area contributed by atoms with Gasteiger partial charge in [0.05, 0.1) is 26.7 Å². The van der Waals surface area contributed by atoms with Crippen molar-refractivity contribution in [2.45, 2.75) is 36.9 Å². The average molecular weight is 530 g/mol. The fraction of sp³-hybridized carbons (Fsp3) is 0.355. The minimum absolute atomic E-state index is 0.0841. The highest BCUT2D eigenvalue weighted by Gasteiger charge is 2.76. The number of nitrogens with zero attached hydrogens (tertiary/aromatic N) is 1.